The molecular weight excluding hydrogens is 342 g/mol. The predicted molar refractivity (Wildman–Crippen MR) is 109 cm³/mol. The van der Waals surface area contributed by atoms with Crippen LogP contribution in [0.15, 0.2) is 29.2 Å². The number of carbonyl (C=O) groups is 1. The van der Waals surface area contributed by atoms with E-state index in [-0.39, 0.29) is 11.9 Å². The van der Waals surface area contributed by atoms with E-state index in [1.54, 1.807) is 11.8 Å². The van der Waals surface area contributed by atoms with Crippen molar-refractivity contribution < 1.29 is 4.79 Å². The SMILES string of the molecule is CC(C)CC1CCCCCN1C(=O)Nc1ccccc1SCC(C)C#N. The summed E-state index contributed by atoms with van der Waals surface area (Å²) in [5.74, 6) is 1.30. The van der Waals surface area contributed by atoms with Crippen molar-refractivity contribution in [1.82, 2.24) is 4.90 Å². The fraction of sp³-hybridized carbons (Fsp3) is 0.619. The second kappa shape index (κ2) is 10.5. The standard InChI is InChI=1S/C21H31N3OS/c1-16(2)13-18-9-5-4-8-12-24(18)21(25)23-19-10-6-7-11-20(19)26-15-17(3)14-22/h6-7,10-11,16-18H,4-5,8-9,12-13,15H2,1-3H3,(H,23,25). The summed E-state index contributed by atoms with van der Waals surface area (Å²) >= 11 is 1.63. The third kappa shape index (κ3) is 6.25. The minimum atomic E-state index is -0.00946. The molecule has 1 aromatic rings. The van der Waals surface area contributed by atoms with Crippen LogP contribution in [0.3, 0.4) is 0 Å². The fourth-order valence-electron chi connectivity index (χ4n) is 3.37. The number of rotatable bonds is 6. The normalized spacial score (nSPS) is 18.9. The van der Waals surface area contributed by atoms with Gasteiger partial charge in [-0.25, -0.2) is 4.79 Å². The number of amides is 2. The van der Waals surface area contributed by atoms with Crippen molar-refractivity contribution in [2.75, 3.05) is 17.6 Å². The Morgan fingerprint density at radius 2 is 2.08 bits per heavy atom. The highest BCUT2D eigenvalue weighted by Crippen LogP contribution is 2.30. The van der Waals surface area contributed by atoms with E-state index >= 15 is 0 Å². The Balaban J connectivity index is 2.08. The van der Waals surface area contributed by atoms with Crippen molar-refractivity contribution in [3.63, 3.8) is 0 Å². The molecule has 142 valence electrons. The van der Waals surface area contributed by atoms with Gasteiger partial charge >= 0.3 is 6.03 Å². The molecule has 1 heterocycles. The highest BCUT2D eigenvalue weighted by atomic mass is 32.2. The first-order valence-electron chi connectivity index (χ1n) is 9.70. The molecule has 0 bridgehead atoms. The number of nitriles is 1. The maximum atomic E-state index is 13.0. The summed E-state index contributed by atoms with van der Waals surface area (Å²) in [4.78, 5) is 16.1. The van der Waals surface area contributed by atoms with Gasteiger partial charge in [-0.05, 0) is 44.2 Å². The van der Waals surface area contributed by atoms with Crippen LogP contribution in [0, 0.1) is 23.2 Å². The Morgan fingerprint density at radius 1 is 1.31 bits per heavy atom. The molecule has 0 spiro atoms. The van der Waals surface area contributed by atoms with Gasteiger partial charge in [-0.2, -0.15) is 5.26 Å². The number of carbonyl (C=O) groups excluding carboxylic acids is 1. The minimum Gasteiger partial charge on any atom is -0.322 e. The molecule has 0 radical (unpaired) electrons. The van der Waals surface area contributed by atoms with Gasteiger partial charge in [-0.15, -0.1) is 11.8 Å². The van der Waals surface area contributed by atoms with Gasteiger partial charge in [-0.3, -0.25) is 0 Å². The first-order valence-corrected chi connectivity index (χ1v) is 10.7. The quantitative estimate of drug-likeness (QED) is 0.645. The number of para-hydroxylation sites is 1. The van der Waals surface area contributed by atoms with E-state index in [1.807, 2.05) is 36.1 Å². The average molecular weight is 374 g/mol. The number of nitrogens with zero attached hydrogens (tertiary/aromatic N) is 2. The topological polar surface area (TPSA) is 56.1 Å². The number of benzene rings is 1. The Hall–Kier alpha value is -1.67. The first kappa shape index (κ1) is 20.6. The molecule has 1 saturated heterocycles. The van der Waals surface area contributed by atoms with Crippen LogP contribution in [0.2, 0.25) is 0 Å². The van der Waals surface area contributed by atoms with Crippen molar-refractivity contribution in [3.8, 4) is 6.07 Å². The van der Waals surface area contributed by atoms with Crippen LogP contribution in [0.25, 0.3) is 0 Å². The lowest BCUT2D eigenvalue weighted by molar-refractivity contribution is 0.178. The van der Waals surface area contributed by atoms with Crippen LogP contribution in [0.5, 0.6) is 0 Å². The Kier molecular flexibility index (Phi) is 8.31. The number of likely N-dealkylation sites (tertiary alicyclic amines) is 1. The molecule has 1 aromatic carbocycles. The second-order valence-corrected chi connectivity index (χ2v) is 8.66. The van der Waals surface area contributed by atoms with Crippen LogP contribution in [0.1, 0.15) is 52.9 Å². The largest absolute Gasteiger partial charge is 0.322 e. The van der Waals surface area contributed by atoms with Gasteiger partial charge in [0.15, 0.2) is 0 Å². The first-order chi connectivity index (χ1) is 12.5. The number of anilines is 1. The molecule has 0 aliphatic carbocycles. The van der Waals surface area contributed by atoms with Gasteiger partial charge in [0.2, 0.25) is 0 Å². The maximum absolute atomic E-state index is 13.0. The summed E-state index contributed by atoms with van der Waals surface area (Å²) in [5.41, 5.74) is 0.847. The van der Waals surface area contributed by atoms with E-state index in [0.29, 0.717) is 12.0 Å². The molecule has 2 atom stereocenters. The zero-order chi connectivity index (χ0) is 18.9. The Morgan fingerprint density at radius 3 is 2.81 bits per heavy atom. The molecule has 5 heteroatoms. The predicted octanol–water partition coefficient (Wildman–Crippen LogP) is 5.76. The molecule has 1 aliphatic rings. The van der Waals surface area contributed by atoms with Crippen molar-refractivity contribution in [2.45, 2.75) is 63.8 Å². The third-order valence-electron chi connectivity index (χ3n) is 4.72. The monoisotopic (exact) mass is 373 g/mol. The van der Waals surface area contributed by atoms with E-state index < -0.39 is 0 Å². The highest BCUT2D eigenvalue weighted by Gasteiger charge is 2.26. The molecule has 4 nitrogen and oxygen atoms in total. The summed E-state index contributed by atoms with van der Waals surface area (Å²) < 4.78 is 0. The van der Waals surface area contributed by atoms with E-state index in [2.05, 4.69) is 25.2 Å². The van der Waals surface area contributed by atoms with E-state index in [0.717, 1.165) is 42.1 Å². The van der Waals surface area contributed by atoms with Crippen molar-refractivity contribution in [1.29, 1.82) is 5.26 Å². The average Bonchev–Trinajstić information content (AvgIpc) is 2.85. The zero-order valence-corrected chi connectivity index (χ0v) is 17.0. The lowest BCUT2D eigenvalue weighted by Gasteiger charge is -2.31. The minimum absolute atomic E-state index is 0.00946. The number of nitrogens with one attached hydrogen (secondary N) is 1. The van der Waals surface area contributed by atoms with Gasteiger partial charge in [0, 0.05) is 23.2 Å². The smallest absolute Gasteiger partial charge is 0.322 e. The Labute approximate surface area is 162 Å². The molecule has 1 aliphatic heterocycles. The van der Waals surface area contributed by atoms with Crippen LogP contribution in [-0.4, -0.2) is 29.3 Å². The number of urea groups is 1. The lowest BCUT2D eigenvalue weighted by Crippen LogP contribution is -2.43. The van der Waals surface area contributed by atoms with Gasteiger partial charge in [0.05, 0.1) is 17.7 Å². The fourth-order valence-corrected chi connectivity index (χ4v) is 4.32. The summed E-state index contributed by atoms with van der Waals surface area (Å²) in [5, 5.41) is 12.1. The van der Waals surface area contributed by atoms with Crippen molar-refractivity contribution >= 4 is 23.5 Å². The molecule has 1 fully saturated rings. The molecular formula is C21H31N3OS. The molecule has 2 amide bonds. The van der Waals surface area contributed by atoms with Crippen molar-refractivity contribution in [2.24, 2.45) is 11.8 Å². The maximum Gasteiger partial charge on any atom is 0.322 e. The number of hydrogen-bond acceptors (Lipinski definition) is 3. The van der Waals surface area contributed by atoms with Crippen molar-refractivity contribution in [3.05, 3.63) is 24.3 Å². The van der Waals surface area contributed by atoms with Crippen LogP contribution in [-0.2, 0) is 0 Å². The van der Waals surface area contributed by atoms with E-state index in [4.69, 9.17) is 5.26 Å². The third-order valence-corrected chi connectivity index (χ3v) is 6.05. The number of thioether (sulfide) groups is 1. The van der Waals surface area contributed by atoms with E-state index in [1.165, 1.54) is 12.8 Å². The van der Waals surface area contributed by atoms with Gasteiger partial charge in [0.25, 0.3) is 0 Å². The summed E-state index contributed by atoms with van der Waals surface area (Å²) in [6.45, 7) is 7.21. The summed E-state index contributed by atoms with van der Waals surface area (Å²) in [6, 6.07) is 10.5. The molecule has 1 N–H and O–H groups in total. The van der Waals surface area contributed by atoms with Crippen LogP contribution >= 0.6 is 11.8 Å². The number of hydrogen-bond donors (Lipinski definition) is 1. The molecule has 2 unspecified atom stereocenters. The van der Waals surface area contributed by atoms with E-state index in [9.17, 15) is 4.79 Å². The second-order valence-electron chi connectivity index (χ2n) is 7.59. The van der Waals surface area contributed by atoms with Gasteiger partial charge in [0.1, 0.15) is 0 Å². The molecule has 26 heavy (non-hydrogen) atoms. The molecule has 2 rings (SSSR count). The summed E-state index contributed by atoms with van der Waals surface area (Å²) in [7, 11) is 0. The van der Waals surface area contributed by atoms with Gasteiger partial charge < -0.3 is 10.2 Å². The summed E-state index contributed by atoms with van der Waals surface area (Å²) in [6.07, 6.45) is 5.65. The Bertz CT molecular complexity index is 626. The zero-order valence-electron chi connectivity index (χ0n) is 16.2. The molecule has 0 aromatic heterocycles. The van der Waals surface area contributed by atoms with Crippen LogP contribution in [0.4, 0.5) is 10.5 Å². The molecule has 0 saturated carbocycles. The highest BCUT2D eigenvalue weighted by molar-refractivity contribution is 7.99. The lowest BCUT2D eigenvalue weighted by atomic mass is 9.99. The van der Waals surface area contributed by atoms with Crippen LogP contribution < -0.4 is 5.32 Å². The van der Waals surface area contributed by atoms with Gasteiger partial charge in [-0.1, -0.05) is 38.8 Å².